The van der Waals surface area contributed by atoms with Crippen molar-refractivity contribution in [3.63, 3.8) is 0 Å². The van der Waals surface area contributed by atoms with Gasteiger partial charge in [-0.1, -0.05) is 24.3 Å². The molecule has 2 rings (SSSR count). The summed E-state index contributed by atoms with van der Waals surface area (Å²) in [6, 6.07) is 13.3. The molecule has 0 fully saturated rings. The highest BCUT2D eigenvalue weighted by Crippen LogP contribution is 2.11. The Labute approximate surface area is 134 Å². The molecule has 0 aliphatic carbocycles. The Morgan fingerprint density at radius 2 is 1.83 bits per heavy atom. The molecule has 0 aliphatic rings. The fourth-order valence-corrected chi connectivity index (χ4v) is 2.19. The number of anilines is 1. The molecule has 0 atom stereocenters. The Morgan fingerprint density at radius 3 is 2.43 bits per heavy atom. The van der Waals surface area contributed by atoms with Gasteiger partial charge in [-0.25, -0.2) is 4.39 Å². The van der Waals surface area contributed by atoms with Crippen LogP contribution in [0, 0.1) is 12.7 Å². The maximum Gasteiger partial charge on any atom is 0.244 e. The van der Waals surface area contributed by atoms with Gasteiger partial charge in [0.1, 0.15) is 12.4 Å². The summed E-state index contributed by atoms with van der Waals surface area (Å²) in [5, 5.41) is 2.77. The normalized spacial score (nSPS) is 10.2. The molecule has 2 amide bonds. The number of halogens is 1. The topological polar surface area (TPSA) is 49.4 Å². The molecule has 0 radical (unpaired) electrons. The Kier molecular flexibility index (Phi) is 5.46. The first-order valence-electron chi connectivity index (χ1n) is 7.30. The molecule has 2 aromatic carbocycles. The second-order valence-corrected chi connectivity index (χ2v) is 5.42. The van der Waals surface area contributed by atoms with Crippen molar-refractivity contribution >= 4 is 17.5 Å². The van der Waals surface area contributed by atoms with Crippen molar-refractivity contribution in [3.8, 4) is 0 Å². The lowest BCUT2D eigenvalue weighted by atomic mass is 10.2. The van der Waals surface area contributed by atoms with E-state index in [9.17, 15) is 14.0 Å². The molecular formula is C18H19FN2O2. The summed E-state index contributed by atoms with van der Waals surface area (Å²) in [5.74, 6) is -0.818. The van der Waals surface area contributed by atoms with Crippen molar-refractivity contribution in [1.29, 1.82) is 0 Å². The minimum atomic E-state index is -0.333. The second kappa shape index (κ2) is 7.54. The number of nitrogens with one attached hydrogen (secondary N) is 1. The van der Waals surface area contributed by atoms with Gasteiger partial charge in [0.15, 0.2) is 0 Å². The third kappa shape index (κ3) is 5.21. The monoisotopic (exact) mass is 314 g/mol. The second-order valence-electron chi connectivity index (χ2n) is 5.42. The number of benzene rings is 2. The number of carbonyl (C=O) groups excluding carboxylic acids is 2. The number of nitrogens with zero attached hydrogens (tertiary/aromatic N) is 1. The van der Waals surface area contributed by atoms with Gasteiger partial charge in [0, 0.05) is 19.2 Å². The molecule has 4 nitrogen and oxygen atoms in total. The molecular weight excluding hydrogens is 295 g/mol. The summed E-state index contributed by atoms with van der Waals surface area (Å²) in [4.78, 5) is 25.3. The summed E-state index contributed by atoms with van der Waals surface area (Å²) in [5.41, 5.74) is 2.50. The molecule has 1 N–H and O–H groups in total. The Hall–Kier alpha value is -2.69. The minimum Gasteiger partial charge on any atom is -0.329 e. The average molecular weight is 314 g/mol. The molecule has 23 heavy (non-hydrogen) atoms. The first-order valence-corrected chi connectivity index (χ1v) is 7.30. The molecule has 5 heteroatoms. The van der Waals surface area contributed by atoms with E-state index < -0.39 is 0 Å². The fourth-order valence-electron chi connectivity index (χ4n) is 2.19. The van der Waals surface area contributed by atoms with Crippen molar-refractivity contribution < 1.29 is 14.0 Å². The lowest BCUT2D eigenvalue weighted by Gasteiger charge is -2.20. The van der Waals surface area contributed by atoms with E-state index in [-0.39, 0.29) is 30.7 Å². The standard InChI is InChI=1S/C18H19FN2O2/c1-13-4-3-5-17(10-13)20-18(23)12-21(14(2)22)11-15-6-8-16(19)9-7-15/h3-10H,11-12H2,1-2H3,(H,20,23). The highest BCUT2D eigenvalue weighted by Gasteiger charge is 2.14. The number of hydrogen-bond acceptors (Lipinski definition) is 2. The van der Waals surface area contributed by atoms with E-state index in [0.29, 0.717) is 5.69 Å². The van der Waals surface area contributed by atoms with Gasteiger partial charge in [0.2, 0.25) is 11.8 Å². The van der Waals surface area contributed by atoms with Crippen LogP contribution in [0.2, 0.25) is 0 Å². The van der Waals surface area contributed by atoms with Gasteiger partial charge in [-0.3, -0.25) is 9.59 Å². The van der Waals surface area contributed by atoms with E-state index in [0.717, 1.165) is 11.1 Å². The number of hydrogen-bond donors (Lipinski definition) is 1. The smallest absolute Gasteiger partial charge is 0.244 e. The Morgan fingerprint density at radius 1 is 1.13 bits per heavy atom. The van der Waals surface area contributed by atoms with E-state index in [1.165, 1.54) is 24.0 Å². The molecule has 0 aliphatic heterocycles. The van der Waals surface area contributed by atoms with Crippen LogP contribution in [0.4, 0.5) is 10.1 Å². The zero-order valence-electron chi connectivity index (χ0n) is 13.2. The lowest BCUT2D eigenvalue weighted by molar-refractivity contribution is -0.133. The summed E-state index contributed by atoms with van der Waals surface area (Å²) in [6.07, 6.45) is 0. The maximum absolute atomic E-state index is 12.9. The maximum atomic E-state index is 12.9. The summed E-state index contributed by atoms with van der Waals surface area (Å²) in [7, 11) is 0. The Balaban J connectivity index is 1.99. The van der Waals surface area contributed by atoms with Crippen molar-refractivity contribution in [2.24, 2.45) is 0 Å². The number of carbonyl (C=O) groups is 2. The van der Waals surface area contributed by atoms with Gasteiger partial charge in [-0.05, 0) is 42.3 Å². The molecule has 0 spiro atoms. The predicted molar refractivity (Wildman–Crippen MR) is 87.3 cm³/mol. The van der Waals surface area contributed by atoms with Gasteiger partial charge >= 0.3 is 0 Å². The number of rotatable bonds is 5. The molecule has 0 unspecified atom stereocenters. The molecule has 2 aromatic rings. The van der Waals surface area contributed by atoms with Crippen LogP contribution in [0.1, 0.15) is 18.1 Å². The van der Waals surface area contributed by atoms with Gasteiger partial charge in [0.05, 0.1) is 0 Å². The van der Waals surface area contributed by atoms with Crippen LogP contribution < -0.4 is 5.32 Å². The van der Waals surface area contributed by atoms with Crippen molar-refractivity contribution in [2.45, 2.75) is 20.4 Å². The SMILES string of the molecule is CC(=O)N(CC(=O)Nc1cccc(C)c1)Cc1ccc(F)cc1. The first-order chi connectivity index (χ1) is 10.9. The third-order valence-corrected chi connectivity index (χ3v) is 3.37. The van der Waals surface area contributed by atoms with Crippen LogP contribution in [0.25, 0.3) is 0 Å². The van der Waals surface area contributed by atoms with Crippen molar-refractivity contribution in [3.05, 3.63) is 65.5 Å². The molecule has 0 bridgehead atoms. The van der Waals surface area contributed by atoms with E-state index in [4.69, 9.17) is 0 Å². The van der Waals surface area contributed by atoms with E-state index >= 15 is 0 Å². The van der Waals surface area contributed by atoms with Crippen molar-refractivity contribution in [2.75, 3.05) is 11.9 Å². The van der Waals surface area contributed by atoms with Crippen LogP contribution in [0.5, 0.6) is 0 Å². The first kappa shape index (κ1) is 16.7. The highest BCUT2D eigenvalue weighted by molar-refractivity contribution is 5.94. The Bertz CT molecular complexity index is 698. The zero-order valence-corrected chi connectivity index (χ0v) is 13.2. The number of amides is 2. The van der Waals surface area contributed by atoms with Crippen molar-refractivity contribution in [1.82, 2.24) is 4.90 Å². The molecule has 0 saturated carbocycles. The molecule has 0 aromatic heterocycles. The molecule has 0 saturated heterocycles. The van der Waals surface area contributed by atoms with Gasteiger partial charge in [-0.15, -0.1) is 0 Å². The highest BCUT2D eigenvalue weighted by atomic mass is 19.1. The lowest BCUT2D eigenvalue weighted by Crippen LogP contribution is -2.36. The van der Waals surface area contributed by atoms with Gasteiger partial charge in [-0.2, -0.15) is 0 Å². The van der Waals surface area contributed by atoms with E-state index in [1.807, 2.05) is 25.1 Å². The van der Waals surface area contributed by atoms with Gasteiger partial charge in [0.25, 0.3) is 0 Å². The van der Waals surface area contributed by atoms with Crippen LogP contribution >= 0.6 is 0 Å². The van der Waals surface area contributed by atoms with Crippen LogP contribution in [-0.4, -0.2) is 23.3 Å². The predicted octanol–water partition coefficient (Wildman–Crippen LogP) is 3.12. The minimum absolute atomic E-state index is 0.0549. The summed E-state index contributed by atoms with van der Waals surface area (Å²) in [6.45, 7) is 3.55. The fraction of sp³-hybridized carbons (Fsp3) is 0.222. The van der Waals surface area contributed by atoms with Gasteiger partial charge < -0.3 is 10.2 Å². The quantitative estimate of drug-likeness (QED) is 0.922. The number of aryl methyl sites for hydroxylation is 1. The van der Waals surface area contributed by atoms with Crippen LogP contribution in [0.15, 0.2) is 48.5 Å². The molecule has 0 heterocycles. The summed E-state index contributed by atoms with van der Waals surface area (Å²) >= 11 is 0. The van der Waals surface area contributed by atoms with Crippen LogP contribution in [0.3, 0.4) is 0 Å². The molecule has 120 valence electrons. The van der Waals surface area contributed by atoms with Crippen LogP contribution in [-0.2, 0) is 16.1 Å². The summed E-state index contributed by atoms with van der Waals surface area (Å²) < 4.78 is 12.9. The van der Waals surface area contributed by atoms with E-state index in [1.54, 1.807) is 18.2 Å². The largest absolute Gasteiger partial charge is 0.329 e. The zero-order chi connectivity index (χ0) is 16.8. The average Bonchev–Trinajstić information content (AvgIpc) is 2.48. The third-order valence-electron chi connectivity index (χ3n) is 3.37. The van der Waals surface area contributed by atoms with E-state index in [2.05, 4.69) is 5.32 Å².